The van der Waals surface area contributed by atoms with Crippen molar-refractivity contribution in [3.63, 3.8) is 0 Å². The maximum Gasteiger partial charge on any atom is 0.237 e. The summed E-state index contributed by atoms with van der Waals surface area (Å²) < 4.78 is 10.6. The lowest BCUT2D eigenvalue weighted by atomic mass is 10.1. The van der Waals surface area contributed by atoms with Crippen molar-refractivity contribution < 1.29 is 19.4 Å². The molecule has 1 aromatic carbocycles. The number of aliphatic hydroxyl groups excluding tert-OH is 1. The van der Waals surface area contributed by atoms with Gasteiger partial charge in [0.25, 0.3) is 0 Å². The van der Waals surface area contributed by atoms with Crippen molar-refractivity contribution in [2.45, 2.75) is 25.0 Å². The molecule has 3 rings (SSSR count). The van der Waals surface area contributed by atoms with E-state index in [1.54, 1.807) is 0 Å². The van der Waals surface area contributed by atoms with Gasteiger partial charge in [-0.2, -0.15) is 0 Å². The van der Waals surface area contributed by atoms with Crippen LogP contribution in [0.3, 0.4) is 0 Å². The number of nitrogens with one attached hydrogen (secondary N) is 2. The Balaban J connectivity index is 1.47. The fourth-order valence-electron chi connectivity index (χ4n) is 2.47. The predicted octanol–water partition coefficient (Wildman–Crippen LogP) is -0.203. The molecule has 2 atom stereocenters. The van der Waals surface area contributed by atoms with Crippen molar-refractivity contribution >= 4 is 5.91 Å². The lowest BCUT2D eigenvalue weighted by molar-refractivity contribution is -0.122. The largest absolute Gasteiger partial charge is 0.454 e. The number of fused-ring (bicyclic) bond motifs is 1. The summed E-state index contributed by atoms with van der Waals surface area (Å²) in [5.41, 5.74) is 1.09. The Kier molecular flexibility index (Phi) is 3.75. The van der Waals surface area contributed by atoms with Crippen molar-refractivity contribution in [1.82, 2.24) is 10.6 Å². The van der Waals surface area contributed by atoms with Gasteiger partial charge in [0.1, 0.15) is 0 Å². The zero-order valence-corrected chi connectivity index (χ0v) is 11.1. The molecule has 1 fully saturated rings. The monoisotopic (exact) mass is 278 g/mol. The van der Waals surface area contributed by atoms with Crippen LogP contribution in [0, 0.1) is 0 Å². The quantitative estimate of drug-likeness (QED) is 0.710. The third-order valence-corrected chi connectivity index (χ3v) is 3.57. The van der Waals surface area contributed by atoms with E-state index in [1.165, 1.54) is 0 Å². The Hall–Kier alpha value is -1.79. The summed E-state index contributed by atoms with van der Waals surface area (Å²) in [5, 5.41) is 15.2. The molecule has 0 aliphatic carbocycles. The minimum Gasteiger partial charge on any atom is -0.454 e. The topological polar surface area (TPSA) is 79.8 Å². The summed E-state index contributed by atoms with van der Waals surface area (Å²) >= 11 is 0. The van der Waals surface area contributed by atoms with Gasteiger partial charge in [-0.3, -0.25) is 4.79 Å². The van der Waals surface area contributed by atoms with E-state index in [4.69, 9.17) is 9.47 Å². The summed E-state index contributed by atoms with van der Waals surface area (Å²) in [6.07, 6.45) is 0.799. The highest BCUT2D eigenvalue weighted by Gasteiger charge is 2.27. The third kappa shape index (κ3) is 2.86. The number of hydrogen-bond acceptors (Lipinski definition) is 5. The van der Waals surface area contributed by atoms with Gasteiger partial charge in [0.2, 0.25) is 12.7 Å². The third-order valence-electron chi connectivity index (χ3n) is 3.57. The van der Waals surface area contributed by atoms with Gasteiger partial charge < -0.3 is 25.2 Å². The van der Waals surface area contributed by atoms with Crippen LogP contribution >= 0.6 is 0 Å². The van der Waals surface area contributed by atoms with Gasteiger partial charge in [0, 0.05) is 13.1 Å². The highest BCUT2D eigenvalue weighted by molar-refractivity contribution is 5.82. The van der Waals surface area contributed by atoms with Gasteiger partial charge in [-0.25, -0.2) is 0 Å². The lowest BCUT2D eigenvalue weighted by Gasteiger charge is -2.11. The summed E-state index contributed by atoms with van der Waals surface area (Å²) in [6, 6.07) is 5.51. The van der Waals surface area contributed by atoms with Crippen LogP contribution in [-0.4, -0.2) is 43.0 Å². The number of carbonyl (C=O) groups is 1. The SMILES string of the molecule is O=C(NCCc1ccc2c(c1)OCO2)[C@@H]1C[C@H](O)CN1. The highest BCUT2D eigenvalue weighted by atomic mass is 16.7. The molecular formula is C14H18N2O4. The smallest absolute Gasteiger partial charge is 0.237 e. The molecule has 20 heavy (non-hydrogen) atoms. The summed E-state index contributed by atoms with van der Waals surface area (Å²) in [7, 11) is 0. The number of carbonyl (C=O) groups excluding carboxylic acids is 1. The molecule has 2 aliphatic heterocycles. The Morgan fingerprint density at radius 2 is 2.25 bits per heavy atom. The van der Waals surface area contributed by atoms with Crippen LogP contribution in [0.15, 0.2) is 18.2 Å². The minimum absolute atomic E-state index is 0.0534. The first-order valence-electron chi connectivity index (χ1n) is 6.80. The van der Waals surface area contributed by atoms with Crippen molar-refractivity contribution in [2.24, 2.45) is 0 Å². The van der Waals surface area contributed by atoms with Crippen LogP contribution < -0.4 is 20.1 Å². The zero-order chi connectivity index (χ0) is 13.9. The number of aliphatic hydroxyl groups is 1. The molecule has 3 N–H and O–H groups in total. The maximum absolute atomic E-state index is 11.8. The molecule has 0 bridgehead atoms. The molecule has 0 unspecified atom stereocenters. The van der Waals surface area contributed by atoms with Crippen LogP contribution in [0.4, 0.5) is 0 Å². The van der Waals surface area contributed by atoms with Crippen LogP contribution in [-0.2, 0) is 11.2 Å². The molecule has 6 nitrogen and oxygen atoms in total. The van der Waals surface area contributed by atoms with Crippen LogP contribution in [0.1, 0.15) is 12.0 Å². The number of benzene rings is 1. The number of amides is 1. The van der Waals surface area contributed by atoms with E-state index in [2.05, 4.69) is 10.6 Å². The van der Waals surface area contributed by atoms with E-state index < -0.39 is 6.10 Å². The van der Waals surface area contributed by atoms with Crippen molar-refractivity contribution in [3.05, 3.63) is 23.8 Å². The Bertz CT molecular complexity index is 506. The normalized spacial score (nSPS) is 23.9. The van der Waals surface area contributed by atoms with Gasteiger partial charge >= 0.3 is 0 Å². The van der Waals surface area contributed by atoms with E-state index in [0.29, 0.717) is 19.5 Å². The molecule has 2 heterocycles. The molecule has 0 radical (unpaired) electrons. The molecule has 0 aromatic heterocycles. The van der Waals surface area contributed by atoms with Gasteiger partial charge in [-0.15, -0.1) is 0 Å². The average Bonchev–Trinajstić information content (AvgIpc) is 3.06. The highest BCUT2D eigenvalue weighted by Crippen LogP contribution is 2.32. The number of ether oxygens (including phenoxy) is 2. The molecule has 6 heteroatoms. The Morgan fingerprint density at radius 1 is 1.40 bits per heavy atom. The number of rotatable bonds is 4. The van der Waals surface area contributed by atoms with Crippen molar-refractivity contribution in [2.75, 3.05) is 19.9 Å². The second kappa shape index (κ2) is 5.68. The summed E-state index contributed by atoms with van der Waals surface area (Å²) in [4.78, 5) is 11.8. The van der Waals surface area contributed by atoms with Crippen molar-refractivity contribution in [3.8, 4) is 11.5 Å². The van der Waals surface area contributed by atoms with Gasteiger partial charge in [-0.1, -0.05) is 6.07 Å². The average molecular weight is 278 g/mol. The first-order valence-corrected chi connectivity index (χ1v) is 6.80. The summed E-state index contributed by atoms with van der Waals surface area (Å²) in [5.74, 6) is 1.47. The molecule has 1 aromatic rings. The second-order valence-electron chi connectivity index (χ2n) is 5.08. The molecule has 2 aliphatic rings. The Labute approximate surface area is 117 Å². The molecule has 1 amide bonds. The zero-order valence-electron chi connectivity index (χ0n) is 11.1. The van der Waals surface area contributed by atoms with E-state index in [9.17, 15) is 9.90 Å². The van der Waals surface area contributed by atoms with Gasteiger partial charge in [0.15, 0.2) is 11.5 Å². The molecule has 1 saturated heterocycles. The van der Waals surface area contributed by atoms with Gasteiger partial charge in [-0.05, 0) is 30.5 Å². The van der Waals surface area contributed by atoms with E-state index in [0.717, 1.165) is 23.5 Å². The fourth-order valence-corrected chi connectivity index (χ4v) is 2.47. The van der Waals surface area contributed by atoms with Crippen molar-refractivity contribution in [1.29, 1.82) is 0 Å². The number of β-amino-alcohol motifs (C(OH)–C–C–N with tert-alkyl or cyclic N) is 1. The maximum atomic E-state index is 11.8. The molecule has 108 valence electrons. The Morgan fingerprint density at radius 3 is 3.05 bits per heavy atom. The van der Waals surface area contributed by atoms with E-state index >= 15 is 0 Å². The predicted molar refractivity (Wildman–Crippen MR) is 71.7 cm³/mol. The van der Waals surface area contributed by atoms with Crippen LogP contribution in [0.25, 0.3) is 0 Å². The first-order chi connectivity index (χ1) is 9.72. The van der Waals surface area contributed by atoms with E-state index in [-0.39, 0.29) is 18.7 Å². The fraction of sp³-hybridized carbons (Fsp3) is 0.500. The molecule has 0 spiro atoms. The number of hydrogen-bond donors (Lipinski definition) is 3. The van der Waals surface area contributed by atoms with Gasteiger partial charge in [0.05, 0.1) is 12.1 Å². The standard InChI is InChI=1S/C14H18N2O4/c17-10-6-11(16-7-10)14(18)15-4-3-9-1-2-12-13(5-9)20-8-19-12/h1-2,5,10-11,16-17H,3-4,6-8H2,(H,15,18)/t10-,11-/m0/s1. The molecular weight excluding hydrogens is 260 g/mol. The lowest BCUT2D eigenvalue weighted by Crippen LogP contribution is -2.41. The van der Waals surface area contributed by atoms with E-state index in [1.807, 2.05) is 18.2 Å². The summed E-state index contributed by atoms with van der Waals surface area (Å²) in [6.45, 7) is 1.32. The molecule has 0 saturated carbocycles. The first kappa shape index (κ1) is 13.2. The van der Waals surface area contributed by atoms with Crippen LogP contribution in [0.5, 0.6) is 11.5 Å². The second-order valence-corrected chi connectivity index (χ2v) is 5.08. The van der Waals surface area contributed by atoms with Crippen LogP contribution in [0.2, 0.25) is 0 Å². The minimum atomic E-state index is -0.417.